The molecule has 1 aliphatic heterocycles. The fourth-order valence-corrected chi connectivity index (χ4v) is 2.26. The second-order valence-electron chi connectivity index (χ2n) is 4.54. The van der Waals surface area contributed by atoms with Gasteiger partial charge in [0, 0.05) is 37.7 Å². The van der Waals surface area contributed by atoms with Crippen molar-refractivity contribution in [2.75, 3.05) is 18.0 Å². The van der Waals surface area contributed by atoms with Crippen LogP contribution >= 0.6 is 0 Å². The molecule has 6 heteroatoms. The molecule has 2 aromatic rings. The van der Waals surface area contributed by atoms with Gasteiger partial charge in [-0.25, -0.2) is 14.8 Å². The highest BCUT2D eigenvalue weighted by Gasteiger charge is 2.24. The van der Waals surface area contributed by atoms with Gasteiger partial charge in [-0.3, -0.25) is 4.57 Å². The average molecular weight is 257 g/mol. The summed E-state index contributed by atoms with van der Waals surface area (Å²) in [5.74, 6) is 0.960. The number of nitrogens with zero attached hydrogens (tertiary/aromatic N) is 4. The fourth-order valence-electron chi connectivity index (χ4n) is 2.26. The molecule has 0 aliphatic carbocycles. The van der Waals surface area contributed by atoms with E-state index in [9.17, 15) is 4.79 Å². The molecular weight excluding hydrogens is 242 g/mol. The lowest BCUT2D eigenvalue weighted by Crippen LogP contribution is -2.39. The molecule has 2 aromatic heterocycles. The normalized spacial score (nSPS) is 18.5. The van der Waals surface area contributed by atoms with Gasteiger partial charge >= 0.3 is 6.03 Å². The van der Waals surface area contributed by atoms with Gasteiger partial charge in [0.25, 0.3) is 0 Å². The first-order valence-corrected chi connectivity index (χ1v) is 6.28. The largest absolute Gasteiger partial charge is 0.354 e. The van der Waals surface area contributed by atoms with Gasteiger partial charge < -0.3 is 10.2 Å². The Hall–Kier alpha value is -2.37. The van der Waals surface area contributed by atoms with Crippen molar-refractivity contribution in [2.24, 2.45) is 0 Å². The number of pyridine rings is 1. The average Bonchev–Trinajstić information content (AvgIpc) is 3.11. The summed E-state index contributed by atoms with van der Waals surface area (Å²) in [5, 5.41) is 3.00. The molecule has 0 unspecified atom stereocenters. The summed E-state index contributed by atoms with van der Waals surface area (Å²) in [5.41, 5.74) is 0. The minimum atomic E-state index is -0.134. The van der Waals surface area contributed by atoms with E-state index in [-0.39, 0.29) is 12.1 Å². The van der Waals surface area contributed by atoms with Crippen LogP contribution in [-0.2, 0) is 0 Å². The second kappa shape index (κ2) is 5.09. The number of hydrogen-bond acceptors (Lipinski definition) is 4. The van der Waals surface area contributed by atoms with Gasteiger partial charge in [-0.1, -0.05) is 6.07 Å². The van der Waals surface area contributed by atoms with E-state index in [4.69, 9.17) is 0 Å². The summed E-state index contributed by atoms with van der Waals surface area (Å²) >= 11 is 0. The summed E-state index contributed by atoms with van der Waals surface area (Å²) in [4.78, 5) is 22.2. The Kier molecular flexibility index (Phi) is 3.14. The van der Waals surface area contributed by atoms with Crippen molar-refractivity contribution in [3.05, 3.63) is 43.1 Å². The van der Waals surface area contributed by atoms with E-state index in [0.717, 1.165) is 25.3 Å². The zero-order valence-corrected chi connectivity index (χ0v) is 10.4. The van der Waals surface area contributed by atoms with Crippen molar-refractivity contribution in [2.45, 2.75) is 12.5 Å². The van der Waals surface area contributed by atoms with Crippen LogP contribution in [0.15, 0.2) is 43.1 Å². The zero-order chi connectivity index (χ0) is 13.1. The van der Waals surface area contributed by atoms with Crippen molar-refractivity contribution in [1.29, 1.82) is 0 Å². The summed E-state index contributed by atoms with van der Waals surface area (Å²) in [7, 11) is 0. The highest BCUT2D eigenvalue weighted by atomic mass is 16.2. The number of rotatable bonds is 2. The van der Waals surface area contributed by atoms with Crippen LogP contribution in [0.1, 0.15) is 6.42 Å². The summed E-state index contributed by atoms with van der Waals surface area (Å²) in [6, 6.07) is 5.87. The Morgan fingerprint density at radius 3 is 3.05 bits per heavy atom. The van der Waals surface area contributed by atoms with Gasteiger partial charge in [0.1, 0.15) is 12.1 Å². The first-order chi connectivity index (χ1) is 9.33. The molecule has 19 heavy (non-hydrogen) atoms. The summed E-state index contributed by atoms with van der Waals surface area (Å²) < 4.78 is 1.45. The molecule has 1 fully saturated rings. The molecule has 1 N–H and O–H groups in total. The van der Waals surface area contributed by atoms with Crippen LogP contribution < -0.4 is 10.2 Å². The molecule has 3 heterocycles. The number of amides is 1. The molecular formula is C13H15N5O. The monoisotopic (exact) mass is 257 g/mol. The first kappa shape index (κ1) is 11.7. The van der Waals surface area contributed by atoms with Gasteiger partial charge in [0.2, 0.25) is 0 Å². The third kappa shape index (κ3) is 2.57. The van der Waals surface area contributed by atoms with E-state index in [1.54, 1.807) is 18.6 Å². The smallest absolute Gasteiger partial charge is 0.327 e. The minimum absolute atomic E-state index is 0.134. The molecule has 98 valence electrons. The van der Waals surface area contributed by atoms with E-state index in [0.29, 0.717) is 0 Å². The maximum atomic E-state index is 11.9. The van der Waals surface area contributed by atoms with E-state index in [2.05, 4.69) is 20.2 Å². The molecule has 0 spiro atoms. The number of carbonyl (C=O) groups is 1. The Morgan fingerprint density at radius 1 is 1.37 bits per heavy atom. The van der Waals surface area contributed by atoms with Crippen molar-refractivity contribution in [3.8, 4) is 0 Å². The second-order valence-corrected chi connectivity index (χ2v) is 4.54. The van der Waals surface area contributed by atoms with Crippen molar-refractivity contribution in [1.82, 2.24) is 19.9 Å². The molecule has 0 bridgehead atoms. The zero-order valence-electron chi connectivity index (χ0n) is 10.4. The fraction of sp³-hybridized carbons (Fsp3) is 0.308. The third-order valence-corrected chi connectivity index (χ3v) is 3.23. The molecule has 0 saturated carbocycles. The van der Waals surface area contributed by atoms with E-state index >= 15 is 0 Å². The number of hydrogen-bond donors (Lipinski definition) is 1. The Balaban J connectivity index is 1.59. The van der Waals surface area contributed by atoms with Crippen LogP contribution in [0.3, 0.4) is 0 Å². The van der Waals surface area contributed by atoms with E-state index < -0.39 is 0 Å². The van der Waals surface area contributed by atoms with Crippen LogP contribution in [0.5, 0.6) is 0 Å². The highest BCUT2D eigenvalue weighted by Crippen LogP contribution is 2.17. The molecule has 6 nitrogen and oxygen atoms in total. The minimum Gasteiger partial charge on any atom is -0.354 e. The van der Waals surface area contributed by atoms with Crippen molar-refractivity contribution < 1.29 is 4.79 Å². The Morgan fingerprint density at radius 2 is 2.32 bits per heavy atom. The summed E-state index contributed by atoms with van der Waals surface area (Å²) in [6.07, 6.45) is 7.44. The van der Waals surface area contributed by atoms with Gasteiger partial charge in [-0.15, -0.1) is 0 Å². The topological polar surface area (TPSA) is 63.1 Å². The van der Waals surface area contributed by atoms with Crippen molar-refractivity contribution in [3.63, 3.8) is 0 Å². The Bertz CT molecular complexity index is 539. The lowest BCUT2D eigenvalue weighted by Gasteiger charge is -2.17. The van der Waals surface area contributed by atoms with Crippen LogP contribution in [0.2, 0.25) is 0 Å². The van der Waals surface area contributed by atoms with Crippen LogP contribution in [-0.4, -0.2) is 39.7 Å². The highest BCUT2D eigenvalue weighted by molar-refractivity contribution is 5.76. The lowest BCUT2D eigenvalue weighted by molar-refractivity contribution is 0.239. The number of nitrogens with one attached hydrogen (secondary N) is 1. The molecule has 3 rings (SSSR count). The van der Waals surface area contributed by atoms with Gasteiger partial charge in [0.05, 0.1) is 0 Å². The molecule has 0 aromatic carbocycles. The lowest BCUT2D eigenvalue weighted by atomic mass is 10.3. The van der Waals surface area contributed by atoms with Gasteiger partial charge in [-0.05, 0) is 18.6 Å². The standard InChI is InChI=1S/C13H15N5O/c19-13(18-8-6-14-10-18)16-11-4-7-17(9-11)12-3-1-2-5-15-12/h1-3,5-6,8,10-11H,4,7,9H2,(H,16,19)/t11-/m0/s1. The van der Waals surface area contributed by atoms with E-state index in [1.807, 2.05) is 18.2 Å². The SMILES string of the molecule is O=C(N[C@H]1CCN(c2ccccn2)C1)n1ccnc1. The quantitative estimate of drug-likeness (QED) is 0.875. The van der Waals surface area contributed by atoms with Crippen molar-refractivity contribution >= 4 is 11.8 Å². The number of anilines is 1. The predicted molar refractivity (Wildman–Crippen MR) is 71.0 cm³/mol. The van der Waals surface area contributed by atoms with Crippen LogP contribution in [0.4, 0.5) is 10.6 Å². The van der Waals surface area contributed by atoms with Crippen LogP contribution in [0.25, 0.3) is 0 Å². The van der Waals surface area contributed by atoms with Crippen LogP contribution in [0, 0.1) is 0 Å². The van der Waals surface area contributed by atoms with Gasteiger partial charge in [0.15, 0.2) is 0 Å². The molecule has 1 atom stereocenters. The first-order valence-electron chi connectivity index (χ1n) is 6.28. The van der Waals surface area contributed by atoms with Gasteiger partial charge in [-0.2, -0.15) is 0 Å². The number of imidazole rings is 1. The number of aromatic nitrogens is 3. The molecule has 1 amide bonds. The third-order valence-electron chi connectivity index (χ3n) is 3.23. The maximum Gasteiger partial charge on any atom is 0.327 e. The summed E-state index contributed by atoms with van der Waals surface area (Å²) in [6.45, 7) is 1.70. The molecule has 1 saturated heterocycles. The number of carbonyl (C=O) groups excluding carboxylic acids is 1. The molecule has 1 aliphatic rings. The molecule has 0 radical (unpaired) electrons. The predicted octanol–water partition coefficient (Wildman–Crippen LogP) is 1.11. The van der Waals surface area contributed by atoms with E-state index in [1.165, 1.54) is 10.9 Å². The maximum absolute atomic E-state index is 11.9. The Labute approximate surface area is 111 Å².